The van der Waals surface area contributed by atoms with Gasteiger partial charge in [0.1, 0.15) is 0 Å². The highest BCUT2D eigenvalue weighted by molar-refractivity contribution is 5.25. The molecule has 2 N–H and O–H groups in total. The molecule has 1 heterocycles. The fraction of sp³-hybridized carbons (Fsp3) is 0.667. The van der Waals surface area contributed by atoms with Crippen LogP contribution in [-0.4, -0.2) is 48.6 Å². The van der Waals surface area contributed by atoms with E-state index in [4.69, 9.17) is 5.73 Å². The third-order valence-corrected chi connectivity index (χ3v) is 5.32. The van der Waals surface area contributed by atoms with Crippen molar-refractivity contribution < 1.29 is 0 Å². The topological polar surface area (TPSA) is 32.5 Å². The van der Waals surface area contributed by atoms with Crippen LogP contribution in [0.5, 0.6) is 0 Å². The van der Waals surface area contributed by atoms with Crippen LogP contribution in [0.15, 0.2) is 24.3 Å². The molecule has 0 aromatic heterocycles. The monoisotopic (exact) mass is 289 g/mol. The van der Waals surface area contributed by atoms with Gasteiger partial charge < -0.3 is 10.6 Å². The lowest BCUT2D eigenvalue weighted by Gasteiger charge is -2.41. The molecule has 0 saturated carbocycles. The number of likely N-dealkylation sites (N-methyl/N-ethyl adjacent to an activating group) is 1. The summed E-state index contributed by atoms with van der Waals surface area (Å²) in [6.45, 7) is 9.75. The number of nitrogens with two attached hydrogens (primary N) is 1. The molecule has 21 heavy (non-hydrogen) atoms. The second-order valence-corrected chi connectivity index (χ2v) is 6.50. The Morgan fingerprint density at radius 2 is 2.00 bits per heavy atom. The van der Waals surface area contributed by atoms with E-state index < -0.39 is 0 Å². The van der Waals surface area contributed by atoms with Gasteiger partial charge in [-0.3, -0.25) is 4.90 Å². The first kappa shape index (κ1) is 16.5. The van der Waals surface area contributed by atoms with E-state index in [2.05, 4.69) is 55.0 Å². The maximum Gasteiger partial charge on any atom is 0.0344 e. The summed E-state index contributed by atoms with van der Waals surface area (Å²) in [5, 5.41) is 0. The zero-order valence-corrected chi connectivity index (χ0v) is 13.9. The molecule has 3 nitrogen and oxygen atoms in total. The third-order valence-electron chi connectivity index (χ3n) is 5.32. The van der Waals surface area contributed by atoms with E-state index in [0.29, 0.717) is 0 Å². The molecule has 1 fully saturated rings. The van der Waals surface area contributed by atoms with Crippen LogP contribution in [0.3, 0.4) is 0 Å². The average molecular weight is 289 g/mol. The van der Waals surface area contributed by atoms with Gasteiger partial charge in [0, 0.05) is 18.6 Å². The first-order valence-corrected chi connectivity index (χ1v) is 8.29. The lowest BCUT2D eigenvalue weighted by atomic mass is 9.88. The Morgan fingerprint density at radius 1 is 1.24 bits per heavy atom. The van der Waals surface area contributed by atoms with E-state index in [0.717, 1.165) is 19.6 Å². The number of nitrogens with zero attached hydrogens (tertiary/aromatic N) is 2. The molecule has 2 rings (SSSR count). The molecule has 1 unspecified atom stereocenters. The quantitative estimate of drug-likeness (QED) is 0.904. The Labute approximate surface area is 130 Å². The fourth-order valence-electron chi connectivity index (χ4n) is 3.50. The van der Waals surface area contributed by atoms with Crippen molar-refractivity contribution in [2.45, 2.75) is 45.2 Å². The lowest BCUT2D eigenvalue weighted by Crippen LogP contribution is -2.52. The normalized spacial score (nSPS) is 24.2. The van der Waals surface area contributed by atoms with E-state index in [1.165, 1.54) is 43.5 Å². The van der Waals surface area contributed by atoms with Gasteiger partial charge in [-0.05, 0) is 64.0 Å². The number of rotatable bonds is 5. The van der Waals surface area contributed by atoms with Gasteiger partial charge in [0.2, 0.25) is 0 Å². The molecular formula is C18H31N3. The van der Waals surface area contributed by atoms with Gasteiger partial charge >= 0.3 is 0 Å². The molecule has 0 radical (unpaired) electrons. The minimum absolute atomic E-state index is 0.159. The predicted molar refractivity (Wildman–Crippen MR) is 90.4 cm³/mol. The van der Waals surface area contributed by atoms with E-state index in [-0.39, 0.29) is 5.54 Å². The molecule has 1 aromatic carbocycles. The van der Waals surface area contributed by atoms with Crippen LogP contribution in [-0.2, 0) is 6.54 Å². The van der Waals surface area contributed by atoms with Crippen molar-refractivity contribution in [1.29, 1.82) is 0 Å². The molecule has 1 aliphatic rings. The van der Waals surface area contributed by atoms with Crippen molar-refractivity contribution >= 4 is 0 Å². The Morgan fingerprint density at radius 3 is 2.67 bits per heavy atom. The maximum atomic E-state index is 6.23. The highest BCUT2D eigenvalue weighted by atomic mass is 15.2. The lowest BCUT2D eigenvalue weighted by molar-refractivity contribution is 0.0993. The molecule has 1 aliphatic heterocycles. The Bertz CT molecular complexity index is 446. The zero-order valence-electron chi connectivity index (χ0n) is 13.9. The SMILES string of the molecule is CCN1CCCC(CN)(N(C)Cc2ccccc2C)CC1. The first-order valence-electron chi connectivity index (χ1n) is 8.29. The van der Waals surface area contributed by atoms with E-state index >= 15 is 0 Å². The van der Waals surface area contributed by atoms with Crippen LogP contribution in [0, 0.1) is 6.92 Å². The summed E-state index contributed by atoms with van der Waals surface area (Å²) in [5.74, 6) is 0. The Hall–Kier alpha value is -0.900. The van der Waals surface area contributed by atoms with Crippen molar-refractivity contribution in [2.24, 2.45) is 5.73 Å². The predicted octanol–water partition coefficient (Wildman–Crippen LogP) is 2.63. The van der Waals surface area contributed by atoms with E-state index in [1.807, 2.05) is 0 Å². The fourth-order valence-corrected chi connectivity index (χ4v) is 3.50. The smallest absolute Gasteiger partial charge is 0.0344 e. The van der Waals surface area contributed by atoms with Gasteiger partial charge in [0.15, 0.2) is 0 Å². The van der Waals surface area contributed by atoms with Gasteiger partial charge in [-0.1, -0.05) is 31.2 Å². The maximum absolute atomic E-state index is 6.23. The van der Waals surface area contributed by atoms with Crippen molar-refractivity contribution in [3.05, 3.63) is 35.4 Å². The van der Waals surface area contributed by atoms with Crippen LogP contribution < -0.4 is 5.73 Å². The minimum Gasteiger partial charge on any atom is -0.329 e. The summed E-state index contributed by atoms with van der Waals surface area (Å²) in [4.78, 5) is 5.06. The molecule has 0 bridgehead atoms. The highest BCUT2D eigenvalue weighted by Gasteiger charge is 2.35. The average Bonchev–Trinajstić information content (AvgIpc) is 2.72. The molecule has 0 spiro atoms. The molecule has 118 valence electrons. The first-order chi connectivity index (χ1) is 10.1. The molecule has 3 heteroatoms. The van der Waals surface area contributed by atoms with Crippen LogP contribution in [0.1, 0.15) is 37.3 Å². The van der Waals surface area contributed by atoms with E-state index in [1.54, 1.807) is 0 Å². The second kappa shape index (κ2) is 7.39. The summed E-state index contributed by atoms with van der Waals surface area (Å²) in [6, 6.07) is 8.69. The summed E-state index contributed by atoms with van der Waals surface area (Å²) in [6.07, 6.45) is 3.64. The van der Waals surface area contributed by atoms with Gasteiger partial charge in [0.25, 0.3) is 0 Å². The number of hydrogen-bond acceptors (Lipinski definition) is 3. The second-order valence-electron chi connectivity index (χ2n) is 6.50. The van der Waals surface area contributed by atoms with Gasteiger partial charge in [-0.15, -0.1) is 0 Å². The summed E-state index contributed by atoms with van der Waals surface area (Å²) < 4.78 is 0. The number of likely N-dealkylation sites (tertiary alicyclic amines) is 1. The van der Waals surface area contributed by atoms with Crippen LogP contribution in [0.4, 0.5) is 0 Å². The summed E-state index contributed by atoms with van der Waals surface area (Å²) in [7, 11) is 2.25. The van der Waals surface area contributed by atoms with Crippen molar-refractivity contribution in [3.8, 4) is 0 Å². The molecule has 0 amide bonds. The number of aryl methyl sites for hydroxylation is 1. The largest absolute Gasteiger partial charge is 0.329 e. The minimum atomic E-state index is 0.159. The van der Waals surface area contributed by atoms with Crippen LogP contribution in [0.2, 0.25) is 0 Å². The molecule has 1 aromatic rings. The number of benzene rings is 1. The van der Waals surface area contributed by atoms with Gasteiger partial charge in [-0.25, -0.2) is 0 Å². The van der Waals surface area contributed by atoms with Crippen molar-refractivity contribution in [1.82, 2.24) is 9.80 Å². The van der Waals surface area contributed by atoms with Gasteiger partial charge in [0.05, 0.1) is 0 Å². The number of hydrogen-bond donors (Lipinski definition) is 1. The Balaban J connectivity index is 2.10. The highest BCUT2D eigenvalue weighted by Crippen LogP contribution is 2.29. The molecule has 1 atom stereocenters. The molecule has 0 aliphatic carbocycles. The Kier molecular flexibility index (Phi) is 5.80. The standard InChI is InChI=1S/C18H31N3/c1-4-21-12-7-10-18(15-19,11-13-21)20(3)14-17-9-6-5-8-16(17)2/h5-6,8-9H,4,7,10-15,19H2,1-3H3. The van der Waals surface area contributed by atoms with Crippen molar-refractivity contribution in [3.63, 3.8) is 0 Å². The van der Waals surface area contributed by atoms with Crippen LogP contribution >= 0.6 is 0 Å². The van der Waals surface area contributed by atoms with Crippen molar-refractivity contribution in [2.75, 3.05) is 33.2 Å². The van der Waals surface area contributed by atoms with Gasteiger partial charge in [-0.2, -0.15) is 0 Å². The molecular weight excluding hydrogens is 258 g/mol. The zero-order chi connectivity index (χ0) is 15.3. The third kappa shape index (κ3) is 3.85. The van der Waals surface area contributed by atoms with Crippen LogP contribution in [0.25, 0.3) is 0 Å². The molecule has 1 saturated heterocycles. The van der Waals surface area contributed by atoms with E-state index in [9.17, 15) is 0 Å². The summed E-state index contributed by atoms with van der Waals surface area (Å²) in [5.41, 5.74) is 9.18. The summed E-state index contributed by atoms with van der Waals surface area (Å²) >= 11 is 0.